The first-order valence-corrected chi connectivity index (χ1v) is 8.45. The van der Waals surface area contributed by atoms with Gasteiger partial charge in [0.2, 0.25) is 5.91 Å². The maximum atomic E-state index is 13.7. The Balaban J connectivity index is 1.67. The van der Waals surface area contributed by atoms with Gasteiger partial charge in [0.15, 0.2) is 11.6 Å². The molecule has 25 heavy (non-hydrogen) atoms. The number of amides is 1. The van der Waals surface area contributed by atoms with Crippen molar-refractivity contribution in [3.8, 4) is 5.75 Å². The molecule has 2 aromatic rings. The average Bonchev–Trinajstić information content (AvgIpc) is 3.44. The van der Waals surface area contributed by atoms with Crippen molar-refractivity contribution < 1.29 is 13.9 Å². The van der Waals surface area contributed by atoms with E-state index in [1.54, 1.807) is 18.2 Å². The van der Waals surface area contributed by atoms with Crippen LogP contribution in [0.4, 0.5) is 4.39 Å². The smallest absolute Gasteiger partial charge is 0.244 e. The molecule has 0 aliphatic heterocycles. The fourth-order valence-corrected chi connectivity index (χ4v) is 2.84. The first kappa shape index (κ1) is 17.2. The number of carbonyl (C=O) groups is 1. The molecule has 0 saturated heterocycles. The number of hydrogen-bond donors (Lipinski definition) is 1. The molecule has 1 fully saturated rings. The summed E-state index contributed by atoms with van der Waals surface area (Å²) in [6, 6.07) is 12.9. The van der Waals surface area contributed by atoms with Crippen LogP contribution in [0, 0.1) is 18.7 Å². The minimum atomic E-state index is -0.444. The molecule has 0 spiro atoms. The summed E-state index contributed by atoms with van der Waals surface area (Å²) in [5.74, 6) is 0.0718. The van der Waals surface area contributed by atoms with Gasteiger partial charge in [0.1, 0.15) is 0 Å². The Hall–Kier alpha value is -2.62. The van der Waals surface area contributed by atoms with E-state index < -0.39 is 5.82 Å². The van der Waals surface area contributed by atoms with E-state index in [1.165, 1.54) is 24.8 Å². The minimum absolute atomic E-state index is 0.0327. The van der Waals surface area contributed by atoms with Gasteiger partial charge in [-0.05, 0) is 55.0 Å². The number of rotatable bonds is 6. The van der Waals surface area contributed by atoms with Gasteiger partial charge in [-0.3, -0.25) is 4.79 Å². The monoisotopic (exact) mass is 339 g/mol. The summed E-state index contributed by atoms with van der Waals surface area (Å²) in [4.78, 5) is 12.3. The van der Waals surface area contributed by atoms with Gasteiger partial charge in [-0.15, -0.1) is 0 Å². The number of halogens is 1. The zero-order valence-electron chi connectivity index (χ0n) is 14.5. The zero-order valence-corrected chi connectivity index (χ0v) is 14.5. The number of hydrogen-bond acceptors (Lipinski definition) is 2. The van der Waals surface area contributed by atoms with Crippen molar-refractivity contribution in [1.82, 2.24) is 5.32 Å². The molecule has 3 nitrogen and oxygen atoms in total. The van der Waals surface area contributed by atoms with Crippen molar-refractivity contribution in [2.24, 2.45) is 5.92 Å². The fourth-order valence-electron chi connectivity index (χ4n) is 2.84. The Morgan fingerprint density at radius 1 is 1.24 bits per heavy atom. The second-order valence-electron chi connectivity index (χ2n) is 6.46. The quantitative estimate of drug-likeness (QED) is 0.791. The molecule has 1 unspecified atom stereocenters. The van der Waals surface area contributed by atoms with Crippen molar-refractivity contribution in [1.29, 1.82) is 0 Å². The molecular weight excluding hydrogens is 317 g/mol. The molecule has 0 heterocycles. The van der Waals surface area contributed by atoms with Crippen molar-refractivity contribution in [2.75, 3.05) is 7.11 Å². The summed E-state index contributed by atoms with van der Waals surface area (Å²) in [5, 5.41) is 3.08. The number of methoxy groups -OCH3 is 1. The number of carbonyl (C=O) groups excluding carboxylic acids is 1. The molecule has 130 valence electrons. The van der Waals surface area contributed by atoms with E-state index in [0.717, 1.165) is 18.4 Å². The minimum Gasteiger partial charge on any atom is -0.494 e. The molecule has 2 aromatic carbocycles. The lowest BCUT2D eigenvalue weighted by molar-refractivity contribution is -0.117. The van der Waals surface area contributed by atoms with Gasteiger partial charge in [-0.2, -0.15) is 0 Å². The van der Waals surface area contributed by atoms with E-state index in [0.29, 0.717) is 11.5 Å². The maximum absolute atomic E-state index is 13.7. The number of aryl methyl sites for hydroxylation is 1. The van der Waals surface area contributed by atoms with Gasteiger partial charge >= 0.3 is 0 Å². The van der Waals surface area contributed by atoms with Crippen molar-refractivity contribution in [2.45, 2.75) is 25.8 Å². The molecule has 1 saturated carbocycles. The molecule has 0 radical (unpaired) electrons. The molecule has 0 aromatic heterocycles. The lowest BCUT2D eigenvalue weighted by Crippen LogP contribution is -2.28. The Labute approximate surface area is 147 Å². The molecule has 3 rings (SSSR count). The van der Waals surface area contributed by atoms with E-state index >= 15 is 0 Å². The molecular formula is C21H22FNO2. The molecule has 1 atom stereocenters. The normalized spacial score (nSPS) is 15.2. The van der Waals surface area contributed by atoms with E-state index in [1.807, 2.05) is 6.92 Å². The van der Waals surface area contributed by atoms with Crippen LogP contribution in [0.3, 0.4) is 0 Å². The summed E-state index contributed by atoms with van der Waals surface area (Å²) in [6.07, 6.45) is 5.32. The van der Waals surface area contributed by atoms with Crippen LogP contribution >= 0.6 is 0 Å². The van der Waals surface area contributed by atoms with Crippen LogP contribution in [-0.2, 0) is 4.79 Å². The van der Waals surface area contributed by atoms with Crippen LogP contribution in [0.15, 0.2) is 48.5 Å². The largest absolute Gasteiger partial charge is 0.494 e. The fraction of sp³-hybridized carbons (Fsp3) is 0.286. The highest BCUT2D eigenvalue weighted by molar-refractivity contribution is 5.92. The van der Waals surface area contributed by atoms with Crippen molar-refractivity contribution in [3.63, 3.8) is 0 Å². The first-order valence-electron chi connectivity index (χ1n) is 8.45. The topological polar surface area (TPSA) is 38.3 Å². The lowest BCUT2D eigenvalue weighted by atomic mass is 10.0. The van der Waals surface area contributed by atoms with Crippen LogP contribution in [0.1, 0.15) is 35.6 Å². The van der Waals surface area contributed by atoms with Crippen LogP contribution in [0.5, 0.6) is 5.75 Å². The zero-order chi connectivity index (χ0) is 17.8. The van der Waals surface area contributed by atoms with Crippen molar-refractivity contribution >= 4 is 12.0 Å². The molecule has 4 heteroatoms. The Bertz CT molecular complexity index is 779. The number of benzene rings is 2. The van der Waals surface area contributed by atoms with Gasteiger partial charge in [0, 0.05) is 6.08 Å². The summed E-state index contributed by atoms with van der Waals surface area (Å²) in [6.45, 7) is 2.05. The lowest BCUT2D eigenvalue weighted by Gasteiger charge is -2.18. The second-order valence-corrected chi connectivity index (χ2v) is 6.46. The van der Waals surface area contributed by atoms with E-state index in [2.05, 4.69) is 29.6 Å². The van der Waals surface area contributed by atoms with Gasteiger partial charge in [-0.25, -0.2) is 4.39 Å². The van der Waals surface area contributed by atoms with Crippen molar-refractivity contribution in [3.05, 3.63) is 71.0 Å². The highest BCUT2D eigenvalue weighted by atomic mass is 19.1. The molecule has 1 N–H and O–H groups in total. The van der Waals surface area contributed by atoms with E-state index in [-0.39, 0.29) is 17.7 Å². The summed E-state index contributed by atoms with van der Waals surface area (Å²) >= 11 is 0. The SMILES string of the molecule is COc1ccc(/C=C/C(=O)NC(c2ccc(C)cc2)C2CC2)cc1F. The number of nitrogens with one attached hydrogen (secondary N) is 1. The van der Waals surface area contributed by atoms with E-state index in [9.17, 15) is 9.18 Å². The average molecular weight is 339 g/mol. The van der Waals surface area contributed by atoms with Crippen LogP contribution in [0.25, 0.3) is 6.08 Å². The summed E-state index contributed by atoms with van der Waals surface area (Å²) < 4.78 is 18.6. The van der Waals surface area contributed by atoms with Crippen LogP contribution in [0.2, 0.25) is 0 Å². The third kappa shape index (κ3) is 4.47. The molecule has 1 aliphatic carbocycles. The third-order valence-electron chi connectivity index (χ3n) is 4.43. The highest BCUT2D eigenvalue weighted by Crippen LogP contribution is 2.41. The number of ether oxygens (including phenoxy) is 1. The van der Waals surface area contributed by atoms with Gasteiger partial charge in [0.25, 0.3) is 0 Å². The molecule has 1 amide bonds. The maximum Gasteiger partial charge on any atom is 0.244 e. The van der Waals surface area contributed by atoms with Gasteiger partial charge in [-0.1, -0.05) is 35.9 Å². The van der Waals surface area contributed by atoms with Crippen LogP contribution < -0.4 is 10.1 Å². The Morgan fingerprint density at radius 2 is 1.96 bits per heavy atom. The summed E-state index contributed by atoms with van der Waals surface area (Å²) in [7, 11) is 1.42. The van der Waals surface area contributed by atoms with Gasteiger partial charge in [0.05, 0.1) is 13.2 Å². The Morgan fingerprint density at radius 3 is 2.56 bits per heavy atom. The Kier molecular flexibility index (Phi) is 5.17. The first-order chi connectivity index (χ1) is 12.1. The predicted molar refractivity (Wildman–Crippen MR) is 96.8 cm³/mol. The van der Waals surface area contributed by atoms with Gasteiger partial charge < -0.3 is 10.1 Å². The van der Waals surface area contributed by atoms with Crippen LogP contribution in [-0.4, -0.2) is 13.0 Å². The van der Waals surface area contributed by atoms with E-state index in [4.69, 9.17) is 4.74 Å². The molecule has 0 bridgehead atoms. The highest BCUT2D eigenvalue weighted by Gasteiger charge is 2.32. The third-order valence-corrected chi connectivity index (χ3v) is 4.43. The second kappa shape index (κ2) is 7.51. The standard InChI is InChI=1S/C21H22FNO2/c1-14-3-7-16(8-4-14)21(17-9-10-17)23-20(24)12-6-15-5-11-19(25-2)18(22)13-15/h3-8,11-13,17,21H,9-10H2,1-2H3,(H,23,24)/b12-6+. The molecule has 1 aliphatic rings. The summed E-state index contributed by atoms with van der Waals surface area (Å²) in [5.41, 5.74) is 2.95. The predicted octanol–water partition coefficient (Wildman–Crippen LogP) is 4.42.